The number of amides is 2. The normalized spacial score (nSPS) is 7.73. The number of hydrogen-bond acceptors (Lipinski definition) is 2. The van der Waals surface area contributed by atoms with E-state index >= 15 is 0 Å². The zero-order valence-electron chi connectivity index (χ0n) is 6.31. The average molecular weight is 154 g/mol. The number of primary amides is 1. The van der Waals surface area contributed by atoms with Gasteiger partial charge in [0.15, 0.2) is 0 Å². The number of hydrogen-bond donors (Lipinski definition) is 2. The van der Waals surface area contributed by atoms with Gasteiger partial charge in [0.2, 0.25) is 0 Å². The summed E-state index contributed by atoms with van der Waals surface area (Å²) in [5.41, 5.74) is 4.63. The minimum absolute atomic E-state index is 0.693. The van der Waals surface area contributed by atoms with Crippen molar-refractivity contribution in [1.82, 2.24) is 5.32 Å². The molecule has 2 amide bonds. The minimum atomic E-state index is -1.02. The van der Waals surface area contributed by atoms with Gasteiger partial charge in [0, 0.05) is 12.5 Å². The third-order valence-electron chi connectivity index (χ3n) is 0.863. The molecule has 4 nitrogen and oxygen atoms in total. The van der Waals surface area contributed by atoms with Crippen LogP contribution in [0, 0.1) is 12.0 Å². The quantitative estimate of drug-likeness (QED) is 0.299. The summed E-state index contributed by atoms with van der Waals surface area (Å²) in [6.07, 6.45) is 1.61. The lowest BCUT2D eigenvalue weighted by Gasteiger charge is -1.88. The second-order valence-corrected chi connectivity index (χ2v) is 1.87. The fraction of sp³-hybridized carbons (Fsp3) is 0.429. The average Bonchev–Trinajstić information content (AvgIpc) is 1.97. The predicted octanol–water partition coefficient (Wildman–Crippen LogP) is -0.651. The Bertz CT molecular complexity index is 212. The maximum absolute atomic E-state index is 10.4. The van der Waals surface area contributed by atoms with Gasteiger partial charge in [-0.15, -0.1) is 0 Å². The topological polar surface area (TPSA) is 72.2 Å². The first kappa shape index (κ1) is 9.50. The molecule has 0 saturated heterocycles. The van der Waals surface area contributed by atoms with E-state index in [1.54, 1.807) is 0 Å². The van der Waals surface area contributed by atoms with Gasteiger partial charge >= 0.3 is 11.8 Å². The maximum atomic E-state index is 10.4. The Balaban J connectivity index is 3.64. The van der Waals surface area contributed by atoms with Crippen LogP contribution in [0.2, 0.25) is 0 Å². The molecule has 0 saturated carbocycles. The van der Waals surface area contributed by atoms with Crippen molar-refractivity contribution in [3.8, 4) is 12.0 Å². The molecule has 0 bridgehead atoms. The molecule has 0 rings (SSSR count). The molecule has 4 heteroatoms. The van der Waals surface area contributed by atoms with E-state index < -0.39 is 11.8 Å². The van der Waals surface area contributed by atoms with E-state index in [4.69, 9.17) is 0 Å². The van der Waals surface area contributed by atoms with Gasteiger partial charge in [-0.05, 0) is 6.42 Å². The van der Waals surface area contributed by atoms with Crippen LogP contribution >= 0.6 is 0 Å². The lowest BCUT2D eigenvalue weighted by molar-refractivity contribution is -0.136. The summed E-state index contributed by atoms with van der Waals surface area (Å²) < 4.78 is 0. The molecule has 0 heterocycles. The van der Waals surface area contributed by atoms with Crippen LogP contribution in [0.25, 0.3) is 0 Å². The van der Waals surface area contributed by atoms with E-state index in [-0.39, 0.29) is 0 Å². The summed E-state index contributed by atoms with van der Waals surface area (Å²) in [5, 5.41) is 2.04. The van der Waals surface area contributed by atoms with Crippen molar-refractivity contribution in [2.75, 3.05) is 0 Å². The molecule has 11 heavy (non-hydrogen) atoms. The molecule has 0 aromatic rings. The van der Waals surface area contributed by atoms with Crippen molar-refractivity contribution in [2.24, 2.45) is 5.73 Å². The highest BCUT2D eigenvalue weighted by Crippen LogP contribution is 1.79. The van der Waals surface area contributed by atoms with E-state index in [1.165, 1.54) is 0 Å². The highest BCUT2D eigenvalue weighted by molar-refractivity contribution is 6.34. The van der Waals surface area contributed by atoms with Gasteiger partial charge in [-0.3, -0.25) is 14.9 Å². The molecule has 0 aromatic carbocycles. The van der Waals surface area contributed by atoms with Gasteiger partial charge in [0.25, 0.3) is 0 Å². The molecule has 3 N–H and O–H groups in total. The van der Waals surface area contributed by atoms with Crippen molar-refractivity contribution < 1.29 is 9.59 Å². The second-order valence-electron chi connectivity index (χ2n) is 1.87. The standard InChI is InChI=1S/C7H10N2O2/c1-2-3-4-5-9-7(11)6(8)10/h2-3H2,1H3,(H2,8,10)(H,9,11). The van der Waals surface area contributed by atoms with E-state index in [2.05, 4.69) is 17.7 Å². The number of carbonyl (C=O) groups excluding carboxylic acids is 2. The van der Waals surface area contributed by atoms with Gasteiger partial charge in [-0.1, -0.05) is 12.8 Å². The van der Waals surface area contributed by atoms with E-state index in [0.717, 1.165) is 6.42 Å². The van der Waals surface area contributed by atoms with Crippen LogP contribution in [-0.2, 0) is 9.59 Å². The van der Waals surface area contributed by atoms with Crippen molar-refractivity contribution >= 4 is 11.8 Å². The Morgan fingerprint density at radius 3 is 2.64 bits per heavy atom. The summed E-state index contributed by atoms with van der Waals surface area (Å²) >= 11 is 0. The van der Waals surface area contributed by atoms with Gasteiger partial charge in [-0.25, -0.2) is 0 Å². The zero-order valence-corrected chi connectivity index (χ0v) is 6.31. The predicted molar refractivity (Wildman–Crippen MR) is 40.0 cm³/mol. The number of unbranched alkanes of at least 4 members (excludes halogenated alkanes) is 1. The first-order valence-electron chi connectivity index (χ1n) is 3.26. The molecule has 0 aliphatic rings. The highest BCUT2D eigenvalue weighted by Gasteiger charge is 2.03. The second kappa shape index (κ2) is 5.30. The SMILES string of the molecule is CCCC#CNC(=O)C(N)=O. The Hall–Kier alpha value is -1.50. The Kier molecular flexibility index (Phi) is 4.58. The van der Waals surface area contributed by atoms with Crippen LogP contribution in [0.3, 0.4) is 0 Å². The molecule has 0 aromatic heterocycles. The molecule has 0 aliphatic heterocycles. The van der Waals surface area contributed by atoms with Gasteiger partial charge in [0.05, 0.1) is 0 Å². The van der Waals surface area contributed by atoms with Crippen molar-refractivity contribution in [3.63, 3.8) is 0 Å². The van der Waals surface area contributed by atoms with E-state index in [9.17, 15) is 9.59 Å². The number of carbonyl (C=O) groups is 2. The molecule has 0 atom stereocenters. The number of nitrogens with two attached hydrogens (primary N) is 1. The van der Waals surface area contributed by atoms with Crippen molar-refractivity contribution in [3.05, 3.63) is 0 Å². The molecular weight excluding hydrogens is 144 g/mol. The third kappa shape index (κ3) is 4.97. The summed E-state index contributed by atoms with van der Waals surface area (Å²) in [7, 11) is 0. The Labute approximate surface area is 65.1 Å². The largest absolute Gasteiger partial charge is 0.361 e. The zero-order chi connectivity index (χ0) is 8.69. The smallest absolute Gasteiger partial charge is 0.320 e. The molecule has 0 radical (unpaired) electrons. The summed E-state index contributed by atoms with van der Waals surface area (Å²) in [4.78, 5) is 20.5. The lowest BCUT2D eigenvalue weighted by atomic mass is 10.4. The van der Waals surface area contributed by atoms with Gasteiger partial charge in [0.1, 0.15) is 0 Å². The van der Waals surface area contributed by atoms with E-state index in [0.29, 0.717) is 6.42 Å². The summed E-state index contributed by atoms with van der Waals surface area (Å²) in [5.74, 6) is 0.746. The van der Waals surface area contributed by atoms with Gasteiger partial charge < -0.3 is 5.73 Å². The molecule has 60 valence electrons. The van der Waals surface area contributed by atoms with Crippen LogP contribution in [-0.4, -0.2) is 11.8 Å². The summed E-state index contributed by atoms with van der Waals surface area (Å²) in [6, 6.07) is 2.32. The molecule has 0 fully saturated rings. The number of rotatable bonds is 1. The molecule has 0 aliphatic carbocycles. The fourth-order valence-electron chi connectivity index (χ4n) is 0.350. The third-order valence-corrected chi connectivity index (χ3v) is 0.863. The molecule has 0 unspecified atom stereocenters. The first-order valence-corrected chi connectivity index (χ1v) is 3.26. The molecule has 0 spiro atoms. The van der Waals surface area contributed by atoms with Crippen LogP contribution in [0.5, 0.6) is 0 Å². The summed E-state index contributed by atoms with van der Waals surface area (Å²) in [6.45, 7) is 1.96. The molecular formula is C7H10N2O2. The fourth-order valence-corrected chi connectivity index (χ4v) is 0.350. The minimum Gasteiger partial charge on any atom is -0.361 e. The Morgan fingerprint density at radius 1 is 1.55 bits per heavy atom. The van der Waals surface area contributed by atoms with Crippen molar-refractivity contribution in [2.45, 2.75) is 19.8 Å². The van der Waals surface area contributed by atoms with Crippen LogP contribution in [0.1, 0.15) is 19.8 Å². The highest BCUT2D eigenvalue weighted by atomic mass is 16.2. The van der Waals surface area contributed by atoms with Crippen LogP contribution in [0.15, 0.2) is 0 Å². The van der Waals surface area contributed by atoms with Gasteiger partial charge in [-0.2, -0.15) is 0 Å². The monoisotopic (exact) mass is 154 g/mol. The van der Waals surface area contributed by atoms with Crippen LogP contribution < -0.4 is 11.1 Å². The lowest BCUT2D eigenvalue weighted by Crippen LogP contribution is -2.33. The van der Waals surface area contributed by atoms with Crippen molar-refractivity contribution in [1.29, 1.82) is 0 Å². The first-order chi connectivity index (χ1) is 5.18. The van der Waals surface area contributed by atoms with Crippen LogP contribution in [0.4, 0.5) is 0 Å². The van der Waals surface area contributed by atoms with E-state index in [1.807, 2.05) is 12.2 Å². The maximum Gasteiger partial charge on any atom is 0.320 e. The Morgan fingerprint density at radius 2 is 2.18 bits per heavy atom. The number of nitrogens with one attached hydrogen (secondary N) is 1.